The smallest absolute Gasteiger partial charge is 0.477 e. The Morgan fingerprint density at radius 2 is 1.94 bits per heavy atom. The number of hydrogen-bond acceptors (Lipinski definition) is 4. The Balaban J connectivity index is 1.65. The van der Waals surface area contributed by atoms with Gasteiger partial charge in [0.05, 0.1) is 11.7 Å². The van der Waals surface area contributed by atoms with E-state index in [1.165, 1.54) is 12.1 Å². The fraction of sp³-hybridized carbons (Fsp3) is 0.304. The molecule has 1 atom stereocenters. The first kappa shape index (κ1) is 23.5. The molecule has 0 unspecified atom stereocenters. The third-order valence-corrected chi connectivity index (χ3v) is 5.45. The number of ether oxygens (including phenoxy) is 2. The molecular formula is C23H20F5N3O3. The Hall–Kier alpha value is -3.63. The highest BCUT2D eigenvalue weighted by atomic mass is 19.4. The number of para-hydroxylation sites is 1. The summed E-state index contributed by atoms with van der Waals surface area (Å²) in [5.74, 6) is -1.22. The van der Waals surface area contributed by atoms with Crippen molar-refractivity contribution in [1.29, 1.82) is 0 Å². The van der Waals surface area contributed by atoms with Crippen molar-refractivity contribution in [3.05, 3.63) is 59.9 Å². The molecule has 0 saturated carbocycles. The minimum absolute atomic E-state index is 0.104. The topological polar surface area (TPSA) is 72.5 Å². The van der Waals surface area contributed by atoms with Gasteiger partial charge >= 0.3 is 12.4 Å². The van der Waals surface area contributed by atoms with Crippen LogP contribution in [-0.4, -0.2) is 36.3 Å². The van der Waals surface area contributed by atoms with Gasteiger partial charge in [-0.3, -0.25) is 4.98 Å². The number of rotatable bonds is 5. The summed E-state index contributed by atoms with van der Waals surface area (Å²) in [6, 6.07) is 8.87. The number of alkyl halides is 5. The first-order chi connectivity index (χ1) is 16.1. The Bertz CT molecular complexity index is 1210. The molecule has 34 heavy (non-hydrogen) atoms. The summed E-state index contributed by atoms with van der Waals surface area (Å²) in [6.45, 7) is -0.846. The highest BCUT2D eigenvalue weighted by molar-refractivity contribution is 6.01. The maximum atomic E-state index is 13.8. The van der Waals surface area contributed by atoms with E-state index in [1.54, 1.807) is 31.3 Å². The highest BCUT2D eigenvalue weighted by Gasteiger charge is 2.45. The van der Waals surface area contributed by atoms with Gasteiger partial charge in [-0.2, -0.15) is 0 Å². The van der Waals surface area contributed by atoms with Gasteiger partial charge in [0, 0.05) is 34.6 Å². The van der Waals surface area contributed by atoms with Crippen molar-refractivity contribution in [3.8, 4) is 11.5 Å². The molecule has 2 heterocycles. The van der Waals surface area contributed by atoms with Crippen LogP contribution in [0.4, 0.5) is 32.4 Å². The number of hydrogen-bond donors (Lipinski definition) is 2. The van der Waals surface area contributed by atoms with Gasteiger partial charge in [0.25, 0.3) is 0 Å². The Morgan fingerprint density at radius 3 is 2.65 bits per heavy atom. The first-order valence-corrected chi connectivity index (χ1v) is 10.3. The molecule has 0 fully saturated rings. The van der Waals surface area contributed by atoms with Crippen LogP contribution in [0.5, 0.6) is 11.5 Å². The van der Waals surface area contributed by atoms with Crippen molar-refractivity contribution in [2.24, 2.45) is 0 Å². The first-order valence-electron chi connectivity index (χ1n) is 10.3. The van der Waals surface area contributed by atoms with Crippen LogP contribution in [0.2, 0.25) is 0 Å². The van der Waals surface area contributed by atoms with Crippen LogP contribution >= 0.6 is 0 Å². The van der Waals surface area contributed by atoms with Crippen molar-refractivity contribution >= 4 is 22.5 Å². The summed E-state index contributed by atoms with van der Waals surface area (Å²) in [7, 11) is 0. The molecule has 0 saturated heterocycles. The molecule has 2 amide bonds. The maximum Gasteiger partial charge on any atom is 0.573 e. The van der Waals surface area contributed by atoms with Crippen molar-refractivity contribution in [3.63, 3.8) is 0 Å². The van der Waals surface area contributed by atoms with E-state index < -0.39 is 48.9 Å². The van der Waals surface area contributed by atoms with Gasteiger partial charge in [0.1, 0.15) is 13.3 Å². The van der Waals surface area contributed by atoms with Crippen molar-refractivity contribution in [2.45, 2.75) is 31.3 Å². The quantitative estimate of drug-likeness (QED) is 0.454. The molecule has 6 nitrogen and oxygen atoms in total. The van der Waals surface area contributed by atoms with Crippen LogP contribution in [0.3, 0.4) is 0 Å². The van der Waals surface area contributed by atoms with Crippen LogP contribution in [0.25, 0.3) is 10.8 Å². The second-order valence-electron chi connectivity index (χ2n) is 7.98. The number of aryl methyl sites for hydroxylation is 1. The van der Waals surface area contributed by atoms with Crippen molar-refractivity contribution in [2.75, 3.05) is 18.7 Å². The second kappa shape index (κ2) is 8.96. The zero-order valence-electron chi connectivity index (χ0n) is 17.9. The van der Waals surface area contributed by atoms with Gasteiger partial charge in [0.2, 0.25) is 0 Å². The molecule has 0 radical (unpaired) electrons. The second-order valence-corrected chi connectivity index (χ2v) is 7.98. The summed E-state index contributed by atoms with van der Waals surface area (Å²) >= 11 is 0. The number of aromatic nitrogens is 1. The zero-order chi connectivity index (χ0) is 24.5. The third kappa shape index (κ3) is 4.82. The van der Waals surface area contributed by atoms with E-state index in [1.807, 2.05) is 6.07 Å². The summed E-state index contributed by atoms with van der Waals surface area (Å²) in [4.78, 5) is 17.1. The van der Waals surface area contributed by atoms with Crippen LogP contribution in [0.15, 0.2) is 48.7 Å². The van der Waals surface area contributed by atoms with E-state index in [0.29, 0.717) is 5.69 Å². The van der Waals surface area contributed by atoms with Crippen LogP contribution < -0.4 is 20.1 Å². The lowest BCUT2D eigenvalue weighted by Gasteiger charge is -2.39. The minimum Gasteiger partial charge on any atom is -0.477 e. The Morgan fingerprint density at radius 1 is 1.21 bits per heavy atom. The van der Waals surface area contributed by atoms with Gasteiger partial charge in [-0.25, -0.2) is 13.6 Å². The lowest BCUT2D eigenvalue weighted by Crippen LogP contribution is -2.49. The fourth-order valence-electron chi connectivity index (χ4n) is 3.89. The number of carbonyl (C=O) groups excluding carboxylic acids is 1. The number of fused-ring (bicyclic) bond motifs is 2. The summed E-state index contributed by atoms with van der Waals surface area (Å²) in [6.07, 6.45) is -3.73. The maximum absolute atomic E-state index is 13.8. The van der Waals surface area contributed by atoms with E-state index >= 15 is 0 Å². The lowest BCUT2D eigenvalue weighted by molar-refractivity contribution is -0.275. The predicted molar refractivity (Wildman–Crippen MR) is 114 cm³/mol. The van der Waals surface area contributed by atoms with Gasteiger partial charge in [-0.15, -0.1) is 13.2 Å². The zero-order valence-corrected chi connectivity index (χ0v) is 17.9. The molecule has 3 aromatic rings. The highest BCUT2D eigenvalue weighted by Crippen LogP contribution is 2.46. The molecule has 1 aromatic heterocycles. The molecule has 0 aliphatic carbocycles. The molecule has 1 aliphatic heterocycles. The lowest BCUT2D eigenvalue weighted by atomic mass is 9.88. The summed E-state index contributed by atoms with van der Waals surface area (Å²) in [5, 5.41) is 6.79. The fourth-order valence-corrected chi connectivity index (χ4v) is 3.89. The number of nitrogens with one attached hydrogen (secondary N) is 2. The SMILES string of the molecule is Cc1cc2c(NC(=O)N[C@@H]3CC(CF)(CF)Oc4c(OC(F)(F)F)cccc43)cccc2cn1. The van der Waals surface area contributed by atoms with E-state index in [-0.39, 0.29) is 12.0 Å². The molecule has 2 N–H and O–H groups in total. The van der Waals surface area contributed by atoms with E-state index in [2.05, 4.69) is 20.4 Å². The molecule has 0 bridgehead atoms. The van der Waals surface area contributed by atoms with Crippen LogP contribution in [-0.2, 0) is 0 Å². The molecular weight excluding hydrogens is 461 g/mol. The molecule has 4 rings (SSSR count). The van der Waals surface area contributed by atoms with Crippen LogP contribution in [0.1, 0.15) is 23.7 Å². The molecule has 11 heteroatoms. The van der Waals surface area contributed by atoms with Gasteiger partial charge < -0.3 is 20.1 Å². The normalized spacial score (nSPS) is 16.9. The number of anilines is 1. The number of amides is 2. The molecule has 180 valence electrons. The van der Waals surface area contributed by atoms with Gasteiger partial charge in [-0.1, -0.05) is 24.3 Å². The number of nitrogens with zero attached hydrogens (tertiary/aromatic N) is 1. The summed E-state index contributed by atoms with van der Waals surface area (Å²) < 4.78 is 75.5. The number of benzene rings is 2. The van der Waals surface area contributed by atoms with Crippen molar-refractivity contribution in [1.82, 2.24) is 10.3 Å². The van der Waals surface area contributed by atoms with Crippen molar-refractivity contribution < 1.29 is 36.2 Å². The van der Waals surface area contributed by atoms with E-state index in [9.17, 15) is 26.7 Å². The third-order valence-electron chi connectivity index (χ3n) is 5.45. The van der Waals surface area contributed by atoms with E-state index in [4.69, 9.17) is 4.74 Å². The van der Waals surface area contributed by atoms with E-state index in [0.717, 1.165) is 22.5 Å². The standard InChI is InChI=1S/C23H20F5N3O3/c1-13-8-16-14(10-29-13)4-2-6-17(16)30-21(32)31-18-9-22(11-24,12-25)34-20-15(18)5-3-7-19(20)33-23(26,27)28/h2-8,10,18H,9,11-12H2,1H3,(H2,30,31,32)/t18-/m1/s1. The van der Waals surface area contributed by atoms with Gasteiger partial charge in [-0.05, 0) is 25.1 Å². The largest absolute Gasteiger partial charge is 0.573 e. The molecule has 0 spiro atoms. The predicted octanol–water partition coefficient (Wildman–Crippen LogP) is 5.76. The minimum atomic E-state index is -5.05. The molecule has 2 aromatic carbocycles. The average Bonchev–Trinajstić information content (AvgIpc) is 2.79. The number of carbonyl (C=O) groups is 1. The number of urea groups is 1. The van der Waals surface area contributed by atoms with Crippen LogP contribution in [0, 0.1) is 6.92 Å². The molecule has 1 aliphatic rings. The number of pyridine rings is 1. The number of halogens is 5. The Labute approximate surface area is 191 Å². The monoisotopic (exact) mass is 481 g/mol. The average molecular weight is 481 g/mol. The Kier molecular flexibility index (Phi) is 6.20. The summed E-state index contributed by atoms with van der Waals surface area (Å²) in [5.41, 5.74) is -0.775. The van der Waals surface area contributed by atoms with Gasteiger partial charge in [0.15, 0.2) is 17.1 Å².